The van der Waals surface area contributed by atoms with Crippen LogP contribution < -0.4 is 5.32 Å². The molecule has 1 saturated heterocycles. The lowest BCUT2D eigenvalue weighted by atomic mass is 9.86. The number of piperidine rings is 1. The minimum absolute atomic E-state index is 0.784. The van der Waals surface area contributed by atoms with Crippen LogP contribution in [-0.4, -0.2) is 37.1 Å². The summed E-state index contributed by atoms with van der Waals surface area (Å²) in [5, 5.41) is 3.70. The third kappa shape index (κ3) is 3.00. The summed E-state index contributed by atoms with van der Waals surface area (Å²) in [6, 6.07) is 0.784. The molecule has 0 spiro atoms. The van der Waals surface area contributed by atoms with Crippen molar-refractivity contribution < 1.29 is 0 Å². The van der Waals surface area contributed by atoms with Gasteiger partial charge in [0.25, 0.3) is 0 Å². The van der Waals surface area contributed by atoms with Crippen molar-refractivity contribution in [3.63, 3.8) is 0 Å². The fourth-order valence-electron chi connectivity index (χ4n) is 5.15. The van der Waals surface area contributed by atoms with Gasteiger partial charge in [0.15, 0.2) is 0 Å². The summed E-state index contributed by atoms with van der Waals surface area (Å²) in [5.74, 6) is 4.13. The van der Waals surface area contributed by atoms with Crippen molar-refractivity contribution in [3.8, 4) is 0 Å². The van der Waals surface area contributed by atoms with Gasteiger partial charge in [-0.25, -0.2) is 0 Å². The number of fused-ring (bicyclic) bond motifs is 2. The standard InChI is InChI=1S/C17H32N2/c1-3-14-11-19(8-7-17(14)18-4-2)12-16-10-13-5-6-15(16)9-13/h13-18H,3-12H2,1-2H3. The quantitative estimate of drug-likeness (QED) is 0.821. The average molecular weight is 264 g/mol. The van der Waals surface area contributed by atoms with E-state index in [9.17, 15) is 0 Å². The van der Waals surface area contributed by atoms with E-state index < -0.39 is 0 Å². The van der Waals surface area contributed by atoms with Crippen molar-refractivity contribution >= 4 is 0 Å². The van der Waals surface area contributed by atoms with Gasteiger partial charge in [-0.15, -0.1) is 0 Å². The number of hydrogen-bond donors (Lipinski definition) is 1. The Morgan fingerprint density at radius 1 is 1.05 bits per heavy atom. The Morgan fingerprint density at radius 3 is 2.58 bits per heavy atom. The number of hydrogen-bond acceptors (Lipinski definition) is 2. The number of nitrogens with one attached hydrogen (secondary N) is 1. The SMILES string of the molecule is CCNC1CCN(CC2CC3CCC2C3)CC1CC. The fourth-order valence-corrected chi connectivity index (χ4v) is 5.15. The molecule has 110 valence electrons. The molecule has 1 aliphatic heterocycles. The largest absolute Gasteiger partial charge is 0.314 e. The molecule has 1 heterocycles. The molecule has 3 rings (SSSR count). The van der Waals surface area contributed by atoms with Crippen molar-refractivity contribution in [1.29, 1.82) is 0 Å². The van der Waals surface area contributed by atoms with Crippen LogP contribution in [0.5, 0.6) is 0 Å². The Balaban J connectivity index is 1.50. The molecule has 0 amide bonds. The lowest BCUT2D eigenvalue weighted by Gasteiger charge is -2.40. The maximum atomic E-state index is 3.70. The lowest BCUT2D eigenvalue weighted by molar-refractivity contribution is 0.105. The molecule has 5 atom stereocenters. The highest BCUT2D eigenvalue weighted by Gasteiger charge is 2.40. The van der Waals surface area contributed by atoms with Gasteiger partial charge in [0.1, 0.15) is 0 Å². The van der Waals surface area contributed by atoms with E-state index in [1.54, 1.807) is 25.7 Å². The molecule has 2 saturated carbocycles. The van der Waals surface area contributed by atoms with Gasteiger partial charge in [-0.05, 0) is 62.4 Å². The van der Waals surface area contributed by atoms with Gasteiger partial charge < -0.3 is 10.2 Å². The Hall–Kier alpha value is -0.0800. The molecule has 2 aliphatic carbocycles. The second-order valence-corrected chi connectivity index (χ2v) is 7.32. The molecule has 0 aromatic carbocycles. The van der Waals surface area contributed by atoms with Crippen LogP contribution in [0.25, 0.3) is 0 Å². The maximum absolute atomic E-state index is 3.70. The molecule has 5 unspecified atom stereocenters. The van der Waals surface area contributed by atoms with Crippen LogP contribution >= 0.6 is 0 Å². The molecule has 3 fully saturated rings. The van der Waals surface area contributed by atoms with Gasteiger partial charge in [-0.3, -0.25) is 0 Å². The topological polar surface area (TPSA) is 15.3 Å². The van der Waals surface area contributed by atoms with Gasteiger partial charge in [0, 0.05) is 19.1 Å². The van der Waals surface area contributed by atoms with E-state index in [1.807, 2.05) is 0 Å². The van der Waals surface area contributed by atoms with Crippen LogP contribution in [0.4, 0.5) is 0 Å². The predicted molar refractivity (Wildman–Crippen MR) is 81.2 cm³/mol. The highest BCUT2D eigenvalue weighted by Crippen LogP contribution is 2.48. The molecule has 0 aromatic heterocycles. The lowest BCUT2D eigenvalue weighted by Crippen LogP contribution is -2.50. The summed E-state index contributed by atoms with van der Waals surface area (Å²) in [5.41, 5.74) is 0. The molecular formula is C17H32N2. The Kier molecular flexibility index (Phi) is 4.48. The van der Waals surface area contributed by atoms with E-state index >= 15 is 0 Å². The first kappa shape index (κ1) is 13.9. The van der Waals surface area contributed by atoms with E-state index in [1.165, 1.54) is 32.5 Å². The van der Waals surface area contributed by atoms with E-state index in [-0.39, 0.29) is 0 Å². The number of nitrogens with zero attached hydrogens (tertiary/aromatic N) is 1. The molecular weight excluding hydrogens is 232 g/mol. The van der Waals surface area contributed by atoms with Crippen molar-refractivity contribution in [2.24, 2.45) is 23.7 Å². The third-order valence-corrected chi connectivity index (χ3v) is 6.19. The Bertz CT molecular complexity index is 291. The Morgan fingerprint density at radius 2 is 1.95 bits per heavy atom. The monoisotopic (exact) mass is 264 g/mol. The van der Waals surface area contributed by atoms with E-state index in [0.29, 0.717) is 0 Å². The first-order valence-electron chi connectivity index (χ1n) is 8.75. The number of rotatable bonds is 5. The van der Waals surface area contributed by atoms with Crippen LogP contribution in [-0.2, 0) is 0 Å². The van der Waals surface area contributed by atoms with Crippen LogP contribution in [0.15, 0.2) is 0 Å². The van der Waals surface area contributed by atoms with Crippen LogP contribution in [0.2, 0.25) is 0 Å². The highest BCUT2D eigenvalue weighted by molar-refractivity contribution is 4.93. The second-order valence-electron chi connectivity index (χ2n) is 7.32. The van der Waals surface area contributed by atoms with Crippen molar-refractivity contribution in [1.82, 2.24) is 10.2 Å². The highest BCUT2D eigenvalue weighted by atomic mass is 15.2. The van der Waals surface area contributed by atoms with E-state index in [2.05, 4.69) is 24.1 Å². The number of likely N-dealkylation sites (tertiary alicyclic amines) is 1. The molecule has 0 aromatic rings. The second kappa shape index (κ2) is 6.13. The summed E-state index contributed by atoms with van der Waals surface area (Å²) in [7, 11) is 0. The van der Waals surface area contributed by atoms with Crippen LogP contribution in [0.3, 0.4) is 0 Å². The predicted octanol–water partition coefficient (Wildman–Crippen LogP) is 3.13. The molecule has 19 heavy (non-hydrogen) atoms. The third-order valence-electron chi connectivity index (χ3n) is 6.19. The molecule has 0 radical (unpaired) electrons. The molecule has 2 heteroatoms. The van der Waals surface area contributed by atoms with Gasteiger partial charge in [-0.1, -0.05) is 26.7 Å². The van der Waals surface area contributed by atoms with Crippen molar-refractivity contribution in [2.75, 3.05) is 26.2 Å². The molecule has 1 N–H and O–H groups in total. The first-order valence-corrected chi connectivity index (χ1v) is 8.75. The van der Waals surface area contributed by atoms with E-state index in [4.69, 9.17) is 0 Å². The van der Waals surface area contributed by atoms with Gasteiger partial charge in [0.2, 0.25) is 0 Å². The Labute approximate surface area is 119 Å². The zero-order chi connectivity index (χ0) is 13.2. The molecule has 2 bridgehead atoms. The zero-order valence-electron chi connectivity index (χ0n) is 12.9. The molecule has 2 nitrogen and oxygen atoms in total. The summed E-state index contributed by atoms with van der Waals surface area (Å²) in [4.78, 5) is 2.80. The summed E-state index contributed by atoms with van der Waals surface area (Å²) < 4.78 is 0. The van der Waals surface area contributed by atoms with Crippen LogP contribution in [0, 0.1) is 23.7 Å². The summed E-state index contributed by atoms with van der Waals surface area (Å²) >= 11 is 0. The van der Waals surface area contributed by atoms with E-state index in [0.717, 1.165) is 36.3 Å². The fraction of sp³-hybridized carbons (Fsp3) is 1.00. The van der Waals surface area contributed by atoms with Crippen molar-refractivity contribution in [3.05, 3.63) is 0 Å². The van der Waals surface area contributed by atoms with Crippen molar-refractivity contribution in [2.45, 2.75) is 58.4 Å². The first-order chi connectivity index (χ1) is 9.30. The van der Waals surface area contributed by atoms with Gasteiger partial charge >= 0.3 is 0 Å². The van der Waals surface area contributed by atoms with Gasteiger partial charge in [-0.2, -0.15) is 0 Å². The normalized spacial score (nSPS) is 42.9. The van der Waals surface area contributed by atoms with Gasteiger partial charge in [0.05, 0.1) is 0 Å². The summed E-state index contributed by atoms with van der Waals surface area (Å²) in [6.45, 7) is 9.85. The average Bonchev–Trinajstić information content (AvgIpc) is 3.03. The maximum Gasteiger partial charge on any atom is 0.0119 e. The molecule has 3 aliphatic rings. The summed E-state index contributed by atoms with van der Waals surface area (Å²) in [6.07, 6.45) is 8.91. The van der Waals surface area contributed by atoms with Crippen LogP contribution in [0.1, 0.15) is 52.4 Å². The minimum atomic E-state index is 0.784. The minimum Gasteiger partial charge on any atom is -0.314 e. The smallest absolute Gasteiger partial charge is 0.0119 e. The zero-order valence-corrected chi connectivity index (χ0v) is 12.9.